The van der Waals surface area contributed by atoms with Crippen molar-refractivity contribution in [3.05, 3.63) is 35.9 Å². The van der Waals surface area contributed by atoms with Gasteiger partial charge in [0, 0.05) is 6.54 Å². The van der Waals surface area contributed by atoms with Crippen LogP contribution in [-0.4, -0.2) is 29.4 Å². The molecular formula is C14H17NO3. The van der Waals surface area contributed by atoms with Crippen molar-refractivity contribution in [2.75, 3.05) is 6.54 Å². The number of carbonyl (C=O) groups excluding carboxylic acids is 2. The molecule has 18 heavy (non-hydrogen) atoms. The lowest BCUT2D eigenvalue weighted by atomic mass is 10.0. The lowest BCUT2D eigenvalue weighted by Crippen LogP contribution is -2.46. The smallest absolute Gasteiger partial charge is 0.410 e. The van der Waals surface area contributed by atoms with Crippen LogP contribution >= 0.6 is 0 Å². The number of carbonyl (C=O) groups is 2. The fraction of sp³-hybridized carbons (Fsp3) is 0.429. The Hall–Kier alpha value is -1.84. The van der Waals surface area contributed by atoms with Crippen molar-refractivity contribution >= 4 is 12.4 Å². The van der Waals surface area contributed by atoms with Crippen LogP contribution < -0.4 is 0 Å². The summed E-state index contributed by atoms with van der Waals surface area (Å²) >= 11 is 0. The third-order valence-electron chi connectivity index (χ3n) is 3.36. The average molecular weight is 247 g/mol. The van der Waals surface area contributed by atoms with Crippen LogP contribution in [0.1, 0.15) is 25.3 Å². The molecule has 4 nitrogen and oxygen atoms in total. The Balaban J connectivity index is 1.94. The van der Waals surface area contributed by atoms with Crippen LogP contribution in [0.15, 0.2) is 30.3 Å². The van der Waals surface area contributed by atoms with E-state index in [0.29, 0.717) is 13.0 Å². The molecule has 1 saturated heterocycles. The van der Waals surface area contributed by atoms with Gasteiger partial charge in [0.1, 0.15) is 12.9 Å². The highest BCUT2D eigenvalue weighted by Crippen LogP contribution is 2.27. The zero-order chi connectivity index (χ0) is 13.0. The summed E-state index contributed by atoms with van der Waals surface area (Å²) in [6, 6.07) is 9.50. The molecule has 1 atom stereocenters. The summed E-state index contributed by atoms with van der Waals surface area (Å²) in [7, 11) is 0. The molecule has 0 bridgehead atoms. The van der Waals surface area contributed by atoms with E-state index >= 15 is 0 Å². The van der Waals surface area contributed by atoms with E-state index < -0.39 is 11.6 Å². The number of hydrogen-bond acceptors (Lipinski definition) is 3. The molecule has 0 unspecified atom stereocenters. The van der Waals surface area contributed by atoms with Crippen molar-refractivity contribution in [2.45, 2.75) is 31.9 Å². The molecule has 1 fully saturated rings. The molecule has 0 spiro atoms. The molecule has 0 N–H and O–H groups in total. The Bertz CT molecular complexity index is 432. The Morgan fingerprint density at radius 2 is 2.17 bits per heavy atom. The highest BCUT2D eigenvalue weighted by atomic mass is 16.6. The molecule has 1 amide bonds. The van der Waals surface area contributed by atoms with Crippen molar-refractivity contribution in [3.8, 4) is 0 Å². The van der Waals surface area contributed by atoms with Gasteiger partial charge in [0.15, 0.2) is 0 Å². The van der Waals surface area contributed by atoms with Crippen LogP contribution in [0.5, 0.6) is 0 Å². The minimum absolute atomic E-state index is 0.241. The summed E-state index contributed by atoms with van der Waals surface area (Å²) in [6.07, 6.45) is 1.97. The molecule has 1 aromatic rings. The number of nitrogens with zero attached hydrogens (tertiary/aromatic N) is 1. The Kier molecular flexibility index (Phi) is 3.65. The molecule has 1 aliphatic heterocycles. The maximum absolute atomic E-state index is 11.9. The number of benzene rings is 1. The summed E-state index contributed by atoms with van der Waals surface area (Å²) in [5, 5.41) is 0. The molecule has 2 rings (SSSR count). The molecule has 0 saturated carbocycles. The second-order valence-corrected chi connectivity index (χ2v) is 4.77. The first-order chi connectivity index (χ1) is 8.65. The summed E-state index contributed by atoms with van der Waals surface area (Å²) in [6.45, 7) is 2.60. The number of amides is 1. The van der Waals surface area contributed by atoms with E-state index in [0.717, 1.165) is 18.3 Å². The number of ether oxygens (including phenoxy) is 1. The topological polar surface area (TPSA) is 46.6 Å². The molecule has 0 radical (unpaired) electrons. The van der Waals surface area contributed by atoms with Gasteiger partial charge in [-0.1, -0.05) is 30.3 Å². The minimum Gasteiger partial charge on any atom is -0.445 e. The zero-order valence-electron chi connectivity index (χ0n) is 10.5. The van der Waals surface area contributed by atoms with Gasteiger partial charge in [0.05, 0.1) is 5.54 Å². The van der Waals surface area contributed by atoms with E-state index in [1.165, 1.54) is 4.90 Å². The first-order valence-electron chi connectivity index (χ1n) is 6.10. The van der Waals surface area contributed by atoms with Gasteiger partial charge in [-0.25, -0.2) is 4.79 Å². The lowest BCUT2D eigenvalue weighted by Gasteiger charge is -2.29. The largest absolute Gasteiger partial charge is 0.445 e. The van der Waals surface area contributed by atoms with Crippen LogP contribution in [0.3, 0.4) is 0 Å². The van der Waals surface area contributed by atoms with E-state index in [1.807, 2.05) is 30.3 Å². The van der Waals surface area contributed by atoms with E-state index in [4.69, 9.17) is 4.74 Å². The standard InChI is InChI=1S/C14H17NO3/c1-14(11-16)8-5-9-15(14)13(17)18-10-12-6-3-2-4-7-12/h2-4,6-7,11H,5,8-10H2,1H3/t14-/m0/s1. The van der Waals surface area contributed by atoms with Crippen molar-refractivity contribution in [1.82, 2.24) is 4.90 Å². The Morgan fingerprint density at radius 1 is 1.44 bits per heavy atom. The molecule has 1 aliphatic rings. The summed E-state index contributed by atoms with van der Waals surface area (Å²) in [5.41, 5.74) is 0.242. The molecule has 4 heteroatoms. The first-order valence-corrected chi connectivity index (χ1v) is 6.10. The normalized spacial score (nSPS) is 22.8. The van der Waals surface area contributed by atoms with E-state index in [-0.39, 0.29) is 6.61 Å². The second kappa shape index (κ2) is 5.21. The fourth-order valence-corrected chi connectivity index (χ4v) is 2.21. The van der Waals surface area contributed by atoms with Gasteiger partial charge >= 0.3 is 6.09 Å². The van der Waals surface area contributed by atoms with Crippen LogP contribution in [0.2, 0.25) is 0 Å². The fourth-order valence-electron chi connectivity index (χ4n) is 2.21. The summed E-state index contributed by atoms with van der Waals surface area (Å²) < 4.78 is 5.24. The van der Waals surface area contributed by atoms with Crippen LogP contribution in [0, 0.1) is 0 Å². The van der Waals surface area contributed by atoms with E-state index in [1.54, 1.807) is 6.92 Å². The lowest BCUT2D eigenvalue weighted by molar-refractivity contribution is -0.115. The van der Waals surface area contributed by atoms with Crippen molar-refractivity contribution in [1.29, 1.82) is 0 Å². The molecule has 0 aliphatic carbocycles. The number of likely N-dealkylation sites (tertiary alicyclic amines) is 1. The van der Waals surface area contributed by atoms with Crippen LogP contribution in [-0.2, 0) is 16.1 Å². The Morgan fingerprint density at radius 3 is 2.83 bits per heavy atom. The van der Waals surface area contributed by atoms with Gasteiger partial charge in [-0.2, -0.15) is 0 Å². The summed E-state index contributed by atoms with van der Waals surface area (Å²) in [4.78, 5) is 24.5. The summed E-state index contributed by atoms with van der Waals surface area (Å²) in [5.74, 6) is 0. The predicted molar refractivity (Wildman–Crippen MR) is 67.0 cm³/mol. The number of rotatable bonds is 3. The van der Waals surface area contributed by atoms with Crippen molar-refractivity contribution < 1.29 is 14.3 Å². The highest BCUT2D eigenvalue weighted by Gasteiger charge is 2.40. The van der Waals surface area contributed by atoms with Gasteiger partial charge in [0.2, 0.25) is 0 Å². The molecule has 96 valence electrons. The van der Waals surface area contributed by atoms with Gasteiger partial charge in [-0.3, -0.25) is 4.90 Å². The average Bonchev–Trinajstić information content (AvgIpc) is 2.80. The number of aldehydes is 1. The molecule has 1 heterocycles. The minimum atomic E-state index is -0.701. The maximum Gasteiger partial charge on any atom is 0.410 e. The van der Waals surface area contributed by atoms with Crippen LogP contribution in [0.25, 0.3) is 0 Å². The highest BCUT2D eigenvalue weighted by molar-refractivity contribution is 5.77. The Labute approximate surface area is 107 Å². The quantitative estimate of drug-likeness (QED) is 0.770. The van der Waals surface area contributed by atoms with E-state index in [2.05, 4.69) is 0 Å². The first kappa shape index (κ1) is 12.6. The SMILES string of the molecule is C[C@@]1(C=O)CCCN1C(=O)OCc1ccccc1. The number of hydrogen-bond donors (Lipinski definition) is 0. The van der Waals surface area contributed by atoms with Gasteiger partial charge < -0.3 is 9.53 Å². The third-order valence-corrected chi connectivity index (χ3v) is 3.36. The van der Waals surface area contributed by atoms with Gasteiger partial charge in [0.25, 0.3) is 0 Å². The third kappa shape index (κ3) is 2.53. The maximum atomic E-state index is 11.9. The van der Waals surface area contributed by atoms with Gasteiger partial charge in [-0.05, 0) is 25.3 Å². The molecule has 1 aromatic carbocycles. The van der Waals surface area contributed by atoms with Crippen molar-refractivity contribution in [2.24, 2.45) is 0 Å². The van der Waals surface area contributed by atoms with Crippen LogP contribution in [0.4, 0.5) is 4.79 Å². The predicted octanol–water partition coefficient (Wildman–Crippen LogP) is 2.38. The monoisotopic (exact) mass is 247 g/mol. The second-order valence-electron chi connectivity index (χ2n) is 4.77. The van der Waals surface area contributed by atoms with Crippen molar-refractivity contribution in [3.63, 3.8) is 0 Å². The zero-order valence-corrected chi connectivity index (χ0v) is 10.5. The molecular weight excluding hydrogens is 230 g/mol. The molecule has 0 aromatic heterocycles. The van der Waals surface area contributed by atoms with E-state index in [9.17, 15) is 9.59 Å². The van der Waals surface area contributed by atoms with Gasteiger partial charge in [-0.15, -0.1) is 0 Å².